The maximum absolute atomic E-state index is 12.4. The molecule has 0 unspecified atom stereocenters. The Kier molecular flexibility index (Phi) is 5.34. The van der Waals surface area contributed by atoms with Gasteiger partial charge in [-0.2, -0.15) is 0 Å². The summed E-state index contributed by atoms with van der Waals surface area (Å²) in [4.78, 5) is 27.0. The molecule has 0 atom stereocenters. The molecule has 150 valence electrons. The summed E-state index contributed by atoms with van der Waals surface area (Å²) < 4.78 is 5.71. The highest BCUT2D eigenvalue weighted by Gasteiger charge is 2.16. The molecule has 3 aromatic carbocycles. The smallest absolute Gasteiger partial charge is 0.270 e. The molecule has 0 fully saturated rings. The van der Waals surface area contributed by atoms with Crippen LogP contribution in [-0.2, 0) is 0 Å². The first-order valence-electron chi connectivity index (χ1n) is 8.43. The predicted molar refractivity (Wildman–Crippen MR) is 116 cm³/mol. The fourth-order valence-corrected chi connectivity index (χ4v) is 3.56. The number of fused-ring (bicyclic) bond motifs is 1. The Hall–Kier alpha value is -3.13. The topological polar surface area (TPSA) is 98.3 Å². The van der Waals surface area contributed by atoms with E-state index in [2.05, 4.69) is 10.3 Å². The quantitative estimate of drug-likeness (QED) is 0.271. The van der Waals surface area contributed by atoms with E-state index in [4.69, 9.17) is 39.2 Å². The number of benzene rings is 3. The van der Waals surface area contributed by atoms with E-state index in [1.54, 1.807) is 36.4 Å². The maximum atomic E-state index is 12.4. The fraction of sp³-hybridized carbons (Fsp3) is 0. The highest BCUT2D eigenvalue weighted by Crippen LogP contribution is 2.32. The molecule has 4 aromatic rings. The van der Waals surface area contributed by atoms with Crippen molar-refractivity contribution < 1.29 is 14.1 Å². The lowest BCUT2D eigenvalue weighted by Crippen LogP contribution is -2.12. The molecule has 10 heteroatoms. The molecular formula is C20H10Cl3N3O4. The molecule has 4 rings (SSSR count). The van der Waals surface area contributed by atoms with E-state index in [0.29, 0.717) is 38.3 Å². The number of non-ortho nitro benzene ring substituents is 1. The number of amides is 1. The Bertz CT molecular complexity index is 1300. The number of nitro groups is 1. The van der Waals surface area contributed by atoms with Gasteiger partial charge in [0.05, 0.1) is 20.5 Å². The highest BCUT2D eigenvalue weighted by molar-refractivity contribution is 6.38. The van der Waals surface area contributed by atoms with Gasteiger partial charge < -0.3 is 9.73 Å². The molecule has 0 radical (unpaired) electrons. The van der Waals surface area contributed by atoms with Crippen LogP contribution >= 0.6 is 34.8 Å². The molecule has 0 bridgehead atoms. The standard InChI is InChI=1S/C20H10Cl3N3O4/c21-11-7-16(23)18-17(8-11)25-20(30-18)10-1-3-12(4-2-10)24-19(27)14-6-5-13(26(28)29)9-15(14)22/h1-9H,(H,24,27). The van der Waals surface area contributed by atoms with E-state index in [1.807, 2.05) is 0 Å². The maximum Gasteiger partial charge on any atom is 0.270 e. The van der Waals surface area contributed by atoms with Gasteiger partial charge in [-0.15, -0.1) is 0 Å². The van der Waals surface area contributed by atoms with Gasteiger partial charge in [0.25, 0.3) is 11.6 Å². The number of rotatable bonds is 4. The first kappa shape index (κ1) is 20.2. The SMILES string of the molecule is O=C(Nc1ccc(-c2nc3cc(Cl)cc(Cl)c3o2)cc1)c1ccc([N+](=O)[O-])cc1Cl. The number of oxazole rings is 1. The van der Waals surface area contributed by atoms with Crippen LogP contribution in [0.15, 0.2) is 59.0 Å². The number of nitro benzene ring substituents is 1. The van der Waals surface area contributed by atoms with Gasteiger partial charge in [0.15, 0.2) is 5.58 Å². The van der Waals surface area contributed by atoms with Crippen molar-refractivity contribution >= 4 is 63.2 Å². The molecule has 0 spiro atoms. The summed E-state index contributed by atoms with van der Waals surface area (Å²) in [7, 11) is 0. The predicted octanol–water partition coefficient (Wildman–Crippen LogP) is 6.62. The van der Waals surface area contributed by atoms with Crippen LogP contribution in [0.2, 0.25) is 15.1 Å². The van der Waals surface area contributed by atoms with E-state index in [9.17, 15) is 14.9 Å². The van der Waals surface area contributed by atoms with Gasteiger partial charge in [0.1, 0.15) is 5.52 Å². The number of aromatic nitrogens is 1. The van der Waals surface area contributed by atoms with Crippen LogP contribution in [0.1, 0.15) is 10.4 Å². The van der Waals surface area contributed by atoms with E-state index < -0.39 is 10.8 Å². The molecule has 30 heavy (non-hydrogen) atoms. The van der Waals surface area contributed by atoms with E-state index in [0.717, 1.165) is 6.07 Å². The summed E-state index contributed by atoms with van der Waals surface area (Å²) in [5.41, 5.74) is 2.06. The van der Waals surface area contributed by atoms with E-state index in [-0.39, 0.29) is 16.3 Å². The van der Waals surface area contributed by atoms with Crippen molar-refractivity contribution in [2.24, 2.45) is 0 Å². The molecule has 1 amide bonds. The van der Waals surface area contributed by atoms with Crippen molar-refractivity contribution in [1.29, 1.82) is 0 Å². The molecule has 0 saturated heterocycles. The average Bonchev–Trinajstić information content (AvgIpc) is 3.12. The average molecular weight is 463 g/mol. The number of hydrogen-bond donors (Lipinski definition) is 1. The third kappa shape index (κ3) is 3.95. The second-order valence-electron chi connectivity index (χ2n) is 6.21. The Balaban J connectivity index is 1.55. The number of nitrogens with one attached hydrogen (secondary N) is 1. The highest BCUT2D eigenvalue weighted by atomic mass is 35.5. The van der Waals surface area contributed by atoms with Crippen LogP contribution in [0.5, 0.6) is 0 Å². The Morgan fingerprint density at radius 2 is 1.73 bits per heavy atom. The first-order chi connectivity index (χ1) is 14.3. The van der Waals surface area contributed by atoms with Gasteiger partial charge in [-0.05, 0) is 42.5 Å². The number of halogens is 3. The molecule has 0 aliphatic rings. The third-order valence-corrected chi connectivity index (χ3v) is 5.02. The largest absolute Gasteiger partial charge is 0.435 e. The van der Waals surface area contributed by atoms with Crippen molar-refractivity contribution in [1.82, 2.24) is 4.98 Å². The summed E-state index contributed by atoms with van der Waals surface area (Å²) in [5, 5.41) is 14.3. The zero-order valence-electron chi connectivity index (χ0n) is 14.9. The Morgan fingerprint density at radius 1 is 1.00 bits per heavy atom. The third-order valence-electron chi connectivity index (χ3n) is 4.21. The summed E-state index contributed by atoms with van der Waals surface area (Å²) >= 11 is 18.1. The number of anilines is 1. The second kappa shape index (κ2) is 7.95. The minimum atomic E-state index is -0.584. The molecule has 0 aliphatic carbocycles. The summed E-state index contributed by atoms with van der Waals surface area (Å²) in [6.07, 6.45) is 0. The second-order valence-corrected chi connectivity index (χ2v) is 7.46. The fourth-order valence-electron chi connectivity index (χ4n) is 2.78. The van der Waals surface area contributed by atoms with Crippen molar-refractivity contribution in [2.45, 2.75) is 0 Å². The van der Waals surface area contributed by atoms with Gasteiger partial charge in [-0.25, -0.2) is 4.98 Å². The van der Waals surface area contributed by atoms with Crippen molar-refractivity contribution in [3.8, 4) is 11.5 Å². The zero-order valence-corrected chi connectivity index (χ0v) is 17.1. The molecule has 0 saturated carbocycles. The van der Waals surface area contributed by atoms with Crippen molar-refractivity contribution in [3.63, 3.8) is 0 Å². The van der Waals surface area contributed by atoms with Crippen molar-refractivity contribution in [3.05, 3.63) is 85.3 Å². The number of carbonyl (C=O) groups is 1. The molecule has 1 N–H and O–H groups in total. The zero-order chi connectivity index (χ0) is 21.4. The van der Waals surface area contributed by atoms with Gasteiger partial charge >= 0.3 is 0 Å². The Morgan fingerprint density at radius 3 is 2.40 bits per heavy atom. The lowest BCUT2D eigenvalue weighted by Gasteiger charge is -2.07. The van der Waals surface area contributed by atoms with E-state index in [1.165, 1.54) is 12.1 Å². The van der Waals surface area contributed by atoms with Crippen molar-refractivity contribution in [2.75, 3.05) is 5.32 Å². The number of hydrogen-bond acceptors (Lipinski definition) is 5. The minimum absolute atomic E-state index is 0.0136. The van der Waals surface area contributed by atoms with Crippen LogP contribution in [0, 0.1) is 10.1 Å². The molecule has 1 heterocycles. The van der Waals surface area contributed by atoms with Gasteiger partial charge in [-0.3, -0.25) is 14.9 Å². The van der Waals surface area contributed by atoms with Crippen LogP contribution in [0.3, 0.4) is 0 Å². The number of carbonyl (C=O) groups excluding carboxylic acids is 1. The van der Waals surface area contributed by atoms with Gasteiger partial charge in [-0.1, -0.05) is 34.8 Å². The summed E-state index contributed by atoms with van der Waals surface area (Å²) in [5.74, 6) is -0.142. The van der Waals surface area contributed by atoms with E-state index >= 15 is 0 Å². The lowest BCUT2D eigenvalue weighted by molar-refractivity contribution is -0.384. The van der Waals surface area contributed by atoms with Crippen LogP contribution in [0.4, 0.5) is 11.4 Å². The minimum Gasteiger partial charge on any atom is -0.435 e. The molecule has 1 aromatic heterocycles. The molecule has 7 nitrogen and oxygen atoms in total. The van der Waals surface area contributed by atoms with Gasteiger partial charge in [0.2, 0.25) is 5.89 Å². The summed E-state index contributed by atoms with van der Waals surface area (Å²) in [6, 6.07) is 13.6. The molecule has 0 aliphatic heterocycles. The van der Waals surface area contributed by atoms with Crippen LogP contribution in [0.25, 0.3) is 22.6 Å². The van der Waals surface area contributed by atoms with Gasteiger partial charge in [0, 0.05) is 28.4 Å². The normalized spacial score (nSPS) is 10.9. The molecular weight excluding hydrogens is 453 g/mol. The Labute approximate surface area is 184 Å². The lowest BCUT2D eigenvalue weighted by atomic mass is 10.1. The first-order valence-corrected chi connectivity index (χ1v) is 9.56. The van der Waals surface area contributed by atoms with Crippen LogP contribution in [-0.4, -0.2) is 15.8 Å². The monoisotopic (exact) mass is 461 g/mol. The summed E-state index contributed by atoms with van der Waals surface area (Å²) in [6.45, 7) is 0. The number of nitrogens with zero attached hydrogens (tertiary/aromatic N) is 2. The van der Waals surface area contributed by atoms with Crippen LogP contribution < -0.4 is 5.32 Å².